The van der Waals surface area contributed by atoms with Crippen LogP contribution in [0.3, 0.4) is 0 Å². The van der Waals surface area contributed by atoms with E-state index in [-0.39, 0.29) is 23.3 Å². The quantitative estimate of drug-likeness (QED) is 0.563. The van der Waals surface area contributed by atoms with Gasteiger partial charge in [0.1, 0.15) is 0 Å². The molecule has 1 aliphatic heterocycles. The van der Waals surface area contributed by atoms with E-state index in [0.717, 1.165) is 29.1 Å². The predicted octanol–water partition coefficient (Wildman–Crippen LogP) is 2.95. The van der Waals surface area contributed by atoms with Gasteiger partial charge >= 0.3 is 181 Å². The third-order valence-corrected chi connectivity index (χ3v) is 6.35. The molecule has 28 heavy (non-hydrogen) atoms. The molecule has 1 spiro atoms. The second-order valence-electron chi connectivity index (χ2n) is 8.64. The fraction of sp³-hybridized carbons (Fsp3) is 0.450. The van der Waals surface area contributed by atoms with Crippen molar-refractivity contribution >= 4 is 49.4 Å². The number of fused-ring (bicyclic) bond motifs is 2. The van der Waals surface area contributed by atoms with Crippen molar-refractivity contribution in [3.63, 3.8) is 0 Å². The van der Waals surface area contributed by atoms with Crippen LogP contribution in [0.5, 0.6) is 0 Å². The summed E-state index contributed by atoms with van der Waals surface area (Å²) < 4.78 is 7.75. The molecule has 2 aromatic rings. The van der Waals surface area contributed by atoms with E-state index in [4.69, 9.17) is 4.74 Å². The van der Waals surface area contributed by atoms with Crippen LogP contribution < -0.4 is 10.2 Å². The Morgan fingerprint density at radius 3 is 2.71 bits per heavy atom. The fourth-order valence-electron chi connectivity index (χ4n) is 4.08. The first kappa shape index (κ1) is 19.4. The van der Waals surface area contributed by atoms with E-state index >= 15 is 0 Å². The Morgan fingerprint density at radius 2 is 2.11 bits per heavy atom. The Labute approximate surface area is 180 Å². The van der Waals surface area contributed by atoms with Gasteiger partial charge in [-0.05, 0) is 0 Å². The topological polar surface area (TPSA) is 76.5 Å². The van der Waals surface area contributed by atoms with Gasteiger partial charge < -0.3 is 0 Å². The van der Waals surface area contributed by atoms with Crippen LogP contribution in [0.2, 0.25) is 0 Å². The molecule has 1 aliphatic carbocycles. The molecule has 0 radical (unpaired) electrons. The number of carbonyl (C=O) groups is 2. The van der Waals surface area contributed by atoms with Gasteiger partial charge in [0.15, 0.2) is 0 Å². The number of imidazole rings is 1. The number of hydrogen-bond acceptors (Lipinski definition) is 4. The molecule has 0 saturated heterocycles. The standard InChI is InChI=1S/C20H24N4O3.Tl/c1-12(25)23-13-5-6-17-14(7-13)20(8-15(20)16-9-21-11-22-16)10-24(17)18(26)27-19(2,3)4;/h5-7,9,11,15H,8,10H2,1-4H3,(H2,21,22,23,25);/q;+1/p-1. The van der Waals surface area contributed by atoms with Gasteiger partial charge in [-0.15, -0.1) is 0 Å². The molecular formula is C20H23N4O3Tl. The minimum absolute atomic E-state index is 0.112. The van der Waals surface area contributed by atoms with E-state index in [1.165, 1.54) is 6.92 Å². The molecule has 1 saturated carbocycles. The molecule has 7 nitrogen and oxygen atoms in total. The maximum atomic E-state index is 12.9. The number of anilines is 2. The van der Waals surface area contributed by atoms with E-state index in [1.54, 1.807) is 4.90 Å². The molecule has 2 heterocycles. The van der Waals surface area contributed by atoms with Crippen LogP contribution in [-0.4, -0.2) is 57.6 Å². The molecule has 1 aromatic carbocycles. The van der Waals surface area contributed by atoms with Crippen LogP contribution in [0.25, 0.3) is 0 Å². The number of ether oxygens (including phenoxy) is 1. The van der Waals surface area contributed by atoms with Crippen LogP contribution in [0.15, 0.2) is 30.7 Å². The second-order valence-corrected chi connectivity index (χ2v) is 11.0. The number of hydrogen-bond donors (Lipinski definition) is 1. The normalized spacial score (nSPS) is 22.8. The first-order chi connectivity index (χ1) is 13.1. The van der Waals surface area contributed by atoms with Gasteiger partial charge in [0.2, 0.25) is 0 Å². The third-order valence-electron chi connectivity index (χ3n) is 5.25. The summed E-state index contributed by atoms with van der Waals surface area (Å²) in [5, 5.41) is 2.85. The maximum absolute atomic E-state index is 12.9. The van der Waals surface area contributed by atoms with Crippen molar-refractivity contribution in [2.75, 3.05) is 16.8 Å². The molecule has 1 aromatic heterocycles. The Kier molecular flexibility index (Phi) is 4.55. The van der Waals surface area contributed by atoms with E-state index in [9.17, 15) is 9.59 Å². The first-order valence-electron chi connectivity index (χ1n) is 9.31. The van der Waals surface area contributed by atoms with Gasteiger partial charge in [0.25, 0.3) is 0 Å². The van der Waals surface area contributed by atoms with Crippen molar-refractivity contribution in [2.45, 2.75) is 51.0 Å². The van der Waals surface area contributed by atoms with Crippen molar-refractivity contribution in [3.8, 4) is 0 Å². The van der Waals surface area contributed by atoms with Crippen LogP contribution >= 0.6 is 0 Å². The number of amides is 2. The van der Waals surface area contributed by atoms with Crippen molar-refractivity contribution in [1.82, 2.24) is 7.36 Å². The zero-order valence-electron chi connectivity index (χ0n) is 16.5. The summed E-state index contributed by atoms with van der Waals surface area (Å²) in [5.41, 5.74) is 3.04. The summed E-state index contributed by atoms with van der Waals surface area (Å²) in [6.45, 7) is 7.68. The molecule has 2 atom stereocenters. The summed E-state index contributed by atoms with van der Waals surface area (Å²) in [4.78, 5) is 30.7. The van der Waals surface area contributed by atoms with E-state index in [2.05, 4.69) is 18.9 Å². The number of nitrogens with zero attached hydrogens (tertiary/aromatic N) is 3. The summed E-state index contributed by atoms with van der Waals surface area (Å²) >= 11 is 0.682. The number of aromatic nitrogens is 2. The molecule has 0 bridgehead atoms. The van der Waals surface area contributed by atoms with Gasteiger partial charge in [-0.3, -0.25) is 0 Å². The predicted molar refractivity (Wildman–Crippen MR) is 107 cm³/mol. The number of rotatable bonds is 2. The molecule has 144 valence electrons. The van der Waals surface area contributed by atoms with Gasteiger partial charge in [-0.1, -0.05) is 0 Å². The Hall–Kier alpha value is -1.91. The number of nitrogens with one attached hydrogen (secondary N) is 1. The number of benzene rings is 1. The molecule has 2 aliphatic rings. The van der Waals surface area contributed by atoms with Crippen molar-refractivity contribution < 1.29 is 14.3 Å². The molecule has 2 amide bonds. The minimum atomic E-state index is -0.557. The summed E-state index contributed by atoms with van der Waals surface area (Å²) in [5.74, 6) is 0.158. The van der Waals surface area contributed by atoms with Crippen molar-refractivity contribution in [3.05, 3.63) is 42.0 Å². The van der Waals surface area contributed by atoms with Gasteiger partial charge in [-0.25, -0.2) is 0 Å². The van der Waals surface area contributed by atoms with Crippen LogP contribution in [-0.2, 0) is 14.9 Å². The summed E-state index contributed by atoms with van der Waals surface area (Å²) in [6.07, 6.45) is 4.59. The van der Waals surface area contributed by atoms with Crippen LogP contribution in [0.1, 0.15) is 51.3 Å². The molecule has 1 N–H and O–H groups in total. The van der Waals surface area contributed by atoms with Crippen molar-refractivity contribution in [2.24, 2.45) is 0 Å². The molecule has 4 rings (SSSR count). The molecule has 2 unspecified atom stereocenters. The monoisotopic (exact) mass is 572 g/mol. The van der Waals surface area contributed by atoms with Gasteiger partial charge in [0, 0.05) is 0 Å². The van der Waals surface area contributed by atoms with Gasteiger partial charge in [0.05, 0.1) is 0 Å². The Balaban J connectivity index is 1.72. The fourth-order valence-corrected chi connectivity index (χ4v) is 4.93. The SMILES string of the molecule is CC(=O)Nc1ccc2c(c1)C1(CC1c1c[n]([Tl])cn1)CN2C(=O)OC(C)(C)C. The molecule has 1 fully saturated rings. The average Bonchev–Trinajstić information content (AvgIpc) is 2.98. The average molecular weight is 572 g/mol. The zero-order chi connectivity index (χ0) is 20.3. The summed E-state index contributed by atoms with van der Waals surface area (Å²) in [6, 6.07) is 5.74. The van der Waals surface area contributed by atoms with Gasteiger partial charge in [-0.2, -0.15) is 0 Å². The van der Waals surface area contributed by atoms with Crippen molar-refractivity contribution in [1.29, 1.82) is 0 Å². The molecular weight excluding hydrogens is 549 g/mol. The summed E-state index contributed by atoms with van der Waals surface area (Å²) in [7, 11) is 0. The number of carbonyl (C=O) groups excluding carboxylic acids is 2. The van der Waals surface area contributed by atoms with E-state index in [0.29, 0.717) is 32.6 Å². The first-order valence-corrected chi connectivity index (χ1v) is 11.3. The Morgan fingerprint density at radius 1 is 1.36 bits per heavy atom. The van der Waals surface area contributed by atoms with E-state index in [1.807, 2.05) is 45.3 Å². The third kappa shape index (κ3) is 3.44. The Bertz CT molecular complexity index is 965. The second kappa shape index (κ2) is 6.57. The van der Waals surface area contributed by atoms with Crippen LogP contribution in [0.4, 0.5) is 16.2 Å². The molecule has 8 heteroatoms. The van der Waals surface area contributed by atoms with E-state index < -0.39 is 5.60 Å². The van der Waals surface area contributed by atoms with Crippen LogP contribution in [0, 0.1) is 0 Å². The zero-order valence-corrected chi connectivity index (χ0v) is 21.0.